The van der Waals surface area contributed by atoms with Gasteiger partial charge in [-0.1, -0.05) is 6.07 Å². The maximum Gasteiger partial charge on any atom is 0.357 e. The molecule has 0 fully saturated rings. The molecule has 0 bridgehead atoms. The van der Waals surface area contributed by atoms with Gasteiger partial charge in [-0.2, -0.15) is 5.26 Å². The summed E-state index contributed by atoms with van der Waals surface area (Å²) in [6.07, 6.45) is 2.97. The fourth-order valence-corrected chi connectivity index (χ4v) is 4.14. The molecular weight excluding hydrogens is 452 g/mol. The average molecular weight is 472 g/mol. The first kappa shape index (κ1) is 23.1. The van der Waals surface area contributed by atoms with Crippen LogP contribution in [-0.4, -0.2) is 46.0 Å². The van der Waals surface area contributed by atoms with E-state index in [9.17, 15) is 24.8 Å². The van der Waals surface area contributed by atoms with Crippen molar-refractivity contribution in [3.05, 3.63) is 82.4 Å². The van der Waals surface area contributed by atoms with E-state index in [1.807, 2.05) is 18.2 Å². The van der Waals surface area contributed by atoms with E-state index < -0.39 is 17.7 Å². The fourth-order valence-electron chi connectivity index (χ4n) is 4.14. The zero-order chi connectivity index (χ0) is 25.4. The monoisotopic (exact) mass is 472 g/mol. The first-order chi connectivity index (χ1) is 16.7. The van der Waals surface area contributed by atoms with Crippen molar-refractivity contribution in [2.75, 3.05) is 20.0 Å². The molecule has 0 unspecified atom stereocenters. The smallest absolute Gasteiger partial charge is 0.357 e. The summed E-state index contributed by atoms with van der Waals surface area (Å²) in [5.74, 6) is -2.06. The molecular formula is C25H20N4O6. The number of nitrogens with zero attached hydrogens (tertiary/aromatic N) is 3. The molecule has 3 aromatic heterocycles. The largest absolute Gasteiger partial charge is 0.494 e. The summed E-state index contributed by atoms with van der Waals surface area (Å²) in [6, 6.07) is 11.3. The number of aromatic nitrogens is 2. The fraction of sp³-hybridized carbons (Fsp3) is 0.120. The average Bonchev–Trinajstić information content (AvgIpc) is 3.35. The minimum absolute atomic E-state index is 0.0238. The van der Waals surface area contributed by atoms with Gasteiger partial charge < -0.3 is 29.3 Å². The lowest BCUT2D eigenvalue weighted by Crippen LogP contribution is -2.15. The number of anilines is 1. The van der Waals surface area contributed by atoms with Crippen molar-refractivity contribution in [2.24, 2.45) is 0 Å². The highest BCUT2D eigenvalue weighted by atomic mass is 16.5. The van der Waals surface area contributed by atoms with Crippen LogP contribution in [0.15, 0.2) is 48.8 Å². The zero-order valence-corrected chi connectivity index (χ0v) is 19.0. The number of nitrogens with two attached hydrogens (primary N) is 1. The van der Waals surface area contributed by atoms with E-state index >= 15 is 0 Å². The van der Waals surface area contributed by atoms with Gasteiger partial charge in [0.05, 0.1) is 42.2 Å². The minimum atomic E-state index is -1.34. The summed E-state index contributed by atoms with van der Waals surface area (Å²) in [5.41, 5.74) is 7.08. The van der Waals surface area contributed by atoms with Gasteiger partial charge in [0.1, 0.15) is 17.5 Å². The van der Waals surface area contributed by atoms with E-state index in [-0.39, 0.29) is 33.8 Å². The molecule has 0 aliphatic rings. The van der Waals surface area contributed by atoms with Gasteiger partial charge in [-0.3, -0.25) is 4.79 Å². The number of carboxylic acids is 1. The molecule has 1 aromatic carbocycles. The third-order valence-corrected chi connectivity index (χ3v) is 5.74. The molecule has 0 radical (unpaired) electrons. The lowest BCUT2D eigenvalue weighted by Gasteiger charge is -2.13. The number of methoxy groups -OCH3 is 2. The molecule has 0 aliphatic heterocycles. The van der Waals surface area contributed by atoms with Crippen molar-refractivity contribution in [1.82, 2.24) is 8.97 Å². The topological polar surface area (TPSA) is 149 Å². The third-order valence-electron chi connectivity index (χ3n) is 5.74. The number of hydrogen-bond acceptors (Lipinski definition) is 7. The number of ether oxygens (including phenoxy) is 2. The summed E-state index contributed by atoms with van der Waals surface area (Å²) in [4.78, 5) is 38.1. The number of nitriles is 1. The number of benzene rings is 1. The molecule has 10 heteroatoms. The Bertz CT molecular complexity index is 1570. The van der Waals surface area contributed by atoms with Crippen LogP contribution < -0.4 is 10.5 Å². The number of ketones is 1. The standard InChI is InChI=1S/C25H20N4O6/c1-13-20(28-9-5-4-6-18(28)23(13)34-2)22(30)14-7-8-17(16(10-14)24(31)32)29-12-15(11-26)19(27)21(29)25(33)35-3/h4-10,12H,27H2,1-3H3,(H,31,32). The van der Waals surface area contributed by atoms with Gasteiger partial charge in [-0.15, -0.1) is 0 Å². The van der Waals surface area contributed by atoms with Crippen LogP contribution in [0.1, 0.15) is 48.0 Å². The van der Waals surface area contributed by atoms with Crippen LogP contribution in [0, 0.1) is 18.3 Å². The summed E-state index contributed by atoms with van der Waals surface area (Å²) in [6.45, 7) is 1.75. The number of carboxylic acid groups (broad SMARTS) is 1. The lowest BCUT2D eigenvalue weighted by atomic mass is 10.0. The van der Waals surface area contributed by atoms with E-state index in [0.717, 1.165) is 7.11 Å². The Balaban J connectivity index is 1.92. The Hall–Kier alpha value is -5.04. The van der Waals surface area contributed by atoms with Crippen LogP contribution in [0.3, 0.4) is 0 Å². The van der Waals surface area contributed by atoms with Crippen molar-refractivity contribution in [2.45, 2.75) is 6.92 Å². The lowest BCUT2D eigenvalue weighted by molar-refractivity contribution is 0.0590. The highest BCUT2D eigenvalue weighted by Crippen LogP contribution is 2.33. The molecule has 35 heavy (non-hydrogen) atoms. The highest BCUT2D eigenvalue weighted by molar-refractivity contribution is 6.11. The molecule has 4 rings (SSSR count). The number of aromatic carboxylic acids is 1. The maximum absolute atomic E-state index is 13.5. The van der Waals surface area contributed by atoms with E-state index in [1.165, 1.54) is 36.1 Å². The third kappa shape index (κ3) is 3.55. The molecule has 0 aliphatic carbocycles. The van der Waals surface area contributed by atoms with E-state index in [2.05, 4.69) is 0 Å². The Morgan fingerprint density at radius 2 is 1.86 bits per heavy atom. The van der Waals surface area contributed by atoms with E-state index in [0.29, 0.717) is 22.5 Å². The molecule has 0 amide bonds. The molecule has 0 saturated heterocycles. The Labute approximate surface area is 199 Å². The van der Waals surface area contributed by atoms with Crippen molar-refractivity contribution in [1.29, 1.82) is 5.26 Å². The van der Waals surface area contributed by atoms with Gasteiger partial charge in [-0.25, -0.2) is 9.59 Å². The van der Waals surface area contributed by atoms with Crippen molar-refractivity contribution < 1.29 is 29.0 Å². The van der Waals surface area contributed by atoms with E-state index in [1.54, 1.807) is 23.6 Å². The normalized spacial score (nSPS) is 10.7. The number of nitrogen functional groups attached to an aromatic ring is 1. The molecule has 3 N–H and O–H groups in total. The van der Waals surface area contributed by atoms with Crippen LogP contribution >= 0.6 is 0 Å². The molecule has 176 valence electrons. The number of esters is 1. The molecule has 10 nitrogen and oxygen atoms in total. The first-order valence-corrected chi connectivity index (χ1v) is 10.3. The number of carbonyl (C=O) groups excluding carboxylic acids is 2. The second-order valence-corrected chi connectivity index (χ2v) is 7.61. The molecule has 3 heterocycles. The quantitative estimate of drug-likeness (QED) is 0.321. The highest BCUT2D eigenvalue weighted by Gasteiger charge is 2.27. The summed E-state index contributed by atoms with van der Waals surface area (Å²) >= 11 is 0. The van der Waals surface area contributed by atoms with Crippen molar-refractivity contribution in [3.8, 4) is 17.5 Å². The zero-order valence-electron chi connectivity index (χ0n) is 19.0. The summed E-state index contributed by atoms with van der Waals surface area (Å²) in [7, 11) is 2.65. The molecule has 0 atom stereocenters. The number of pyridine rings is 1. The molecule has 0 saturated carbocycles. The van der Waals surface area contributed by atoms with Crippen LogP contribution in [0.4, 0.5) is 5.69 Å². The van der Waals surface area contributed by atoms with Crippen LogP contribution in [-0.2, 0) is 4.74 Å². The SMILES string of the molecule is COC(=O)c1c(N)c(C#N)cn1-c1ccc(C(=O)c2c(C)c(OC)c3ccccn23)cc1C(=O)O. The van der Waals surface area contributed by atoms with Gasteiger partial charge in [0.2, 0.25) is 5.78 Å². The predicted octanol–water partition coefficient (Wildman–Crippen LogP) is 3.22. The number of hydrogen-bond donors (Lipinski definition) is 2. The van der Waals surface area contributed by atoms with Crippen LogP contribution in [0.25, 0.3) is 11.2 Å². The summed E-state index contributed by atoms with van der Waals surface area (Å²) in [5, 5.41) is 19.3. The number of rotatable bonds is 6. The van der Waals surface area contributed by atoms with Gasteiger partial charge >= 0.3 is 11.9 Å². The maximum atomic E-state index is 13.5. The summed E-state index contributed by atoms with van der Waals surface area (Å²) < 4.78 is 13.1. The first-order valence-electron chi connectivity index (χ1n) is 10.3. The predicted molar refractivity (Wildman–Crippen MR) is 125 cm³/mol. The minimum Gasteiger partial charge on any atom is -0.494 e. The van der Waals surface area contributed by atoms with Crippen LogP contribution in [0.5, 0.6) is 5.75 Å². The molecule has 4 aromatic rings. The van der Waals surface area contributed by atoms with Gasteiger partial charge in [-0.05, 0) is 37.3 Å². The van der Waals surface area contributed by atoms with Gasteiger partial charge in [0.25, 0.3) is 0 Å². The molecule has 0 spiro atoms. The Morgan fingerprint density at radius 3 is 2.49 bits per heavy atom. The van der Waals surface area contributed by atoms with Crippen LogP contribution in [0.2, 0.25) is 0 Å². The van der Waals surface area contributed by atoms with Gasteiger partial charge in [0, 0.05) is 23.5 Å². The van der Waals surface area contributed by atoms with Crippen molar-refractivity contribution >= 4 is 28.9 Å². The van der Waals surface area contributed by atoms with E-state index in [4.69, 9.17) is 15.2 Å². The Morgan fingerprint density at radius 1 is 1.11 bits per heavy atom. The number of fused-ring (bicyclic) bond motifs is 1. The second kappa shape index (κ2) is 8.72. The van der Waals surface area contributed by atoms with Crippen molar-refractivity contribution in [3.63, 3.8) is 0 Å². The van der Waals surface area contributed by atoms with Gasteiger partial charge in [0.15, 0.2) is 5.69 Å². The second-order valence-electron chi connectivity index (χ2n) is 7.61. The Kier molecular flexibility index (Phi) is 5.76. The number of carbonyl (C=O) groups is 3.